The smallest absolute Gasteiger partial charge is 0.103 e. The van der Waals surface area contributed by atoms with E-state index in [4.69, 9.17) is 5.26 Å². The second kappa shape index (κ2) is 5.69. The average Bonchev–Trinajstić information content (AvgIpc) is 2.76. The lowest BCUT2D eigenvalue weighted by Gasteiger charge is -1.97. The fourth-order valence-corrected chi connectivity index (χ4v) is 2.97. The second-order valence-corrected chi connectivity index (χ2v) is 5.16. The van der Waals surface area contributed by atoms with Crippen molar-refractivity contribution in [1.29, 1.82) is 5.26 Å². The molecule has 0 atom stereocenters. The summed E-state index contributed by atoms with van der Waals surface area (Å²) < 4.78 is 0. The van der Waals surface area contributed by atoms with E-state index in [2.05, 4.69) is 23.2 Å². The lowest BCUT2D eigenvalue weighted by atomic mass is 10.4. The van der Waals surface area contributed by atoms with Crippen molar-refractivity contribution in [1.82, 2.24) is 4.98 Å². The summed E-state index contributed by atoms with van der Waals surface area (Å²) in [6.07, 6.45) is 0.409. The van der Waals surface area contributed by atoms with Crippen LogP contribution >= 0.6 is 23.1 Å². The number of thiazole rings is 1. The number of thioether (sulfide) groups is 1. The van der Waals surface area contributed by atoms with Crippen molar-refractivity contribution in [3.63, 3.8) is 0 Å². The van der Waals surface area contributed by atoms with E-state index in [1.165, 1.54) is 4.90 Å². The van der Waals surface area contributed by atoms with Gasteiger partial charge in [-0.05, 0) is 12.1 Å². The molecule has 2 rings (SSSR count). The van der Waals surface area contributed by atoms with Crippen LogP contribution < -0.4 is 0 Å². The molecule has 1 heterocycles. The van der Waals surface area contributed by atoms with Gasteiger partial charge in [-0.2, -0.15) is 5.26 Å². The van der Waals surface area contributed by atoms with Gasteiger partial charge >= 0.3 is 0 Å². The summed E-state index contributed by atoms with van der Waals surface area (Å²) in [4.78, 5) is 5.64. The van der Waals surface area contributed by atoms with E-state index < -0.39 is 0 Å². The molecule has 1 aromatic carbocycles. The Bertz CT molecular complexity index is 485. The topological polar surface area (TPSA) is 36.7 Å². The van der Waals surface area contributed by atoms with E-state index in [0.29, 0.717) is 6.42 Å². The summed E-state index contributed by atoms with van der Waals surface area (Å²) >= 11 is 3.40. The molecule has 16 heavy (non-hydrogen) atoms. The highest BCUT2D eigenvalue weighted by atomic mass is 32.2. The van der Waals surface area contributed by atoms with Crippen molar-refractivity contribution >= 4 is 23.1 Å². The molecule has 80 valence electrons. The number of nitriles is 1. The highest BCUT2D eigenvalue weighted by Gasteiger charge is 2.02. The number of rotatable bonds is 4. The van der Waals surface area contributed by atoms with Crippen molar-refractivity contribution in [2.24, 2.45) is 0 Å². The molecular weight excluding hydrogens is 236 g/mol. The van der Waals surface area contributed by atoms with Crippen LogP contribution in [0.25, 0.3) is 0 Å². The van der Waals surface area contributed by atoms with Gasteiger partial charge in [0, 0.05) is 10.3 Å². The summed E-state index contributed by atoms with van der Waals surface area (Å²) in [7, 11) is 0. The fourth-order valence-electron chi connectivity index (χ4n) is 1.24. The molecule has 0 bridgehead atoms. The quantitative estimate of drug-likeness (QED) is 0.775. The summed E-state index contributed by atoms with van der Waals surface area (Å²) in [5.74, 6) is 0.875. The first-order valence-corrected chi connectivity index (χ1v) is 6.73. The monoisotopic (exact) mass is 246 g/mol. The van der Waals surface area contributed by atoms with Crippen molar-refractivity contribution in [2.75, 3.05) is 0 Å². The molecule has 0 aliphatic carbocycles. The Hall–Kier alpha value is -1.31. The lowest BCUT2D eigenvalue weighted by molar-refractivity contribution is 1.11. The molecular formula is C12H10N2S2. The first-order valence-electron chi connectivity index (χ1n) is 4.86. The summed E-state index contributed by atoms with van der Waals surface area (Å²) in [6.45, 7) is 0. The number of benzene rings is 1. The van der Waals surface area contributed by atoms with Gasteiger partial charge in [-0.15, -0.1) is 23.1 Å². The molecule has 4 heteroatoms. The Morgan fingerprint density at radius 2 is 2.12 bits per heavy atom. The summed E-state index contributed by atoms with van der Waals surface area (Å²) in [5.41, 5.74) is 0.885. The van der Waals surface area contributed by atoms with Crippen molar-refractivity contribution in [2.45, 2.75) is 17.1 Å². The lowest BCUT2D eigenvalue weighted by Crippen LogP contribution is -1.83. The SMILES string of the molecule is N#CCc1csc(CSc2ccccc2)n1. The number of nitrogens with zero attached hydrogens (tertiary/aromatic N) is 2. The standard InChI is InChI=1S/C12H10N2S2/c13-7-6-10-8-16-12(14-10)9-15-11-4-2-1-3-5-11/h1-5,8H,6,9H2. The Labute approximate surface area is 103 Å². The molecule has 0 N–H and O–H groups in total. The van der Waals surface area contributed by atoms with Gasteiger partial charge in [-0.1, -0.05) is 18.2 Å². The van der Waals surface area contributed by atoms with Crippen LogP contribution in [0.1, 0.15) is 10.7 Å². The minimum atomic E-state index is 0.409. The first-order chi connectivity index (χ1) is 7.88. The maximum Gasteiger partial charge on any atom is 0.103 e. The third-order valence-corrected chi connectivity index (χ3v) is 4.07. The predicted molar refractivity (Wildman–Crippen MR) is 67.4 cm³/mol. The van der Waals surface area contributed by atoms with Crippen LogP contribution in [-0.2, 0) is 12.2 Å². The number of aromatic nitrogens is 1. The molecule has 0 fully saturated rings. The zero-order valence-corrected chi connectivity index (χ0v) is 10.2. The van der Waals surface area contributed by atoms with Crippen LogP contribution in [0.3, 0.4) is 0 Å². The fraction of sp³-hybridized carbons (Fsp3) is 0.167. The Morgan fingerprint density at radius 3 is 2.88 bits per heavy atom. The highest BCUT2D eigenvalue weighted by molar-refractivity contribution is 7.98. The van der Waals surface area contributed by atoms with E-state index in [1.807, 2.05) is 23.6 Å². The van der Waals surface area contributed by atoms with E-state index in [0.717, 1.165) is 16.5 Å². The maximum atomic E-state index is 8.55. The van der Waals surface area contributed by atoms with Gasteiger partial charge in [0.05, 0.1) is 23.9 Å². The highest BCUT2D eigenvalue weighted by Crippen LogP contribution is 2.24. The molecule has 0 aliphatic heterocycles. The first kappa shape index (κ1) is 11.2. The maximum absolute atomic E-state index is 8.55. The Morgan fingerprint density at radius 1 is 1.31 bits per heavy atom. The van der Waals surface area contributed by atoms with Gasteiger partial charge in [0.1, 0.15) is 5.01 Å². The molecule has 0 spiro atoms. The van der Waals surface area contributed by atoms with Gasteiger partial charge in [-0.25, -0.2) is 4.98 Å². The second-order valence-electron chi connectivity index (χ2n) is 3.17. The summed E-state index contributed by atoms with van der Waals surface area (Å²) in [5, 5.41) is 11.6. The van der Waals surface area contributed by atoms with Crippen molar-refractivity contribution < 1.29 is 0 Å². The molecule has 0 unspecified atom stereocenters. The molecule has 0 saturated heterocycles. The predicted octanol–water partition coefficient (Wildman–Crippen LogP) is 3.50. The van der Waals surface area contributed by atoms with Gasteiger partial charge in [0.2, 0.25) is 0 Å². The third-order valence-electron chi connectivity index (χ3n) is 1.97. The molecule has 0 radical (unpaired) electrons. The van der Waals surface area contributed by atoms with Gasteiger partial charge in [-0.3, -0.25) is 0 Å². The molecule has 2 aromatic rings. The van der Waals surface area contributed by atoms with Crippen molar-refractivity contribution in [3.8, 4) is 6.07 Å². The van der Waals surface area contributed by atoms with E-state index >= 15 is 0 Å². The minimum Gasteiger partial charge on any atom is -0.244 e. The number of hydrogen-bond donors (Lipinski definition) is 0. The van der Waals surface area contributed by atoms with Crippen LogP contribution in [0.2, 0.25) is 0 Å². The molecule has 0 aliphatic rings. The minimum absolute atomic E-state index is 0.409. The molecule has 2 nitrogen and oxygen atoms in total. The van der Waals surface area contributed by atoms with E-state index in [-0.39, 0.29) is 0 Å². The van der Waals surface area contributed by atoms with E-state index in [1.54, 1.807) is 23.1 Å². The molecule has 0 saturated carbocycles. The van der Waals surface area contributed by atoms with Crippen LogP contribution in [0, 0.1) is 11.3 Å². The average molecular weight is 246 g/mol. The van der Waals surface area contributed by atoms with Crippen LogP contribution in [0.15, 0.2) is 40.6 Å². The van der Waals surface area contributed by atoms with Gasteiger partial charge in [0.25, 0.3) is 0 Å². The van der Waals surface area contributed by atoms with Crippen LogP contribution in [0.5, 0.6) is 0 Å². The zero-order chi connectivity index (χ0) is 11.2. The zero-order valence-electron chi connectivity index (χ0n) is 8.59. The Kier molecular flexibility index (Phi) is 3.97. The molecule has 1 aromatic heterocycles. The normalized spacial score (nSPS) is 9.94. The van der Waals surface area contributed by atoms with Gasteiger partial charge in [0.15, 0.2) is 0 Å². The van der Waals surface area contributed by atoms with Crippen LogP contribution in [-0.4, -0.2) is 4.98 Å². The molecule has 0 amide bonds. The van der Waals surface area contributed by atoms with E-state index in [9.17, 15) is 0 Å². The number of hydrogen-bond acceptors (Lipinski definition) is 4. The van der Waals surface area contributed by atoms with Crippen LogP contribution in [0.4, 0.5) is 0 Å². The Balaban J connectivity index is 1.93. The van der Waals surface area contributed by atoms with Gasteiger partial charge < -0.3 is 0 Å². The summed E-state index contributed by atoms with van der Waals surface area (Å²) in [6, 6.07) is 12.4. The largest absolute Gasteiger partial charge is 0.244 e. The van der Waals surface area contributed by atoms with Crippen molar-refractivity contribution in [3.05, 3.63) is 46.4 Å². The third kappa shape index (κ3) is 3.09.